The number of carbonyl (C=O) groups excluding carboxylic acids is 1. The zero-order valence-electron chi connectivity index (χ0n) is 8.99. The van der Waals surface area contributed by atoms with Crippen molar-refractivity contribution in [1.29, 1.82) is 0 Å². The number of hydrogen-bond acceptors (Lipinski definition) is 4. The van der Waals surface area contributed by atoms with Gasteiger partial charge in [-0.3, -0.25) is 4.79 Å². The van der Waals surface area contributed by atoms with E-state index >= 15 is 0 Å². The number of anilines is 1. The third-order valence-electron chi connectivity index (χ3n) is 2.60. The fraction of sp³-hybridized carbons (Fsp3) is 0.273. The molecule has 0 spiro atoms. The van der Waals surface area contributed by atoms with E-state index in [9.17, 15) is 9.59 Å². The summed E-state index contributed by atoms with van der Waals surface area (Å²) >= 11 is 3.32. The minimum atomic E-state index is -1.17. The first-order valence-electron chi connectivity index (χ1n) is 4.91. The maximum absolute atomic E-state index is 11.6. The molecule has 1 aromatic carbocycles. The van der Waals surface area contributed by atoms with Gasteiger partial charge in [0.05, 0.1) is 12.8 Å². The monoisotopic (exact) mass is 299 g/mol. The molecule has 1 heterocycles. The Kier molecular flexibility index (Phi) is 3.06. The SMILES string of the molecule is COc1cc(Br)c2c(c1)CC(=O)C(C(=O)O)N2. The standard InChI is InChI=1S/C11H10BrNO4/c1-17-6-2-5-3-8(14)10(11(15)16)13-9(5)7(12)4-6/h2,4,10,13H,3H2,1H3,(H,15,16). The molecule has 0 bridgehead atoms. The van der Waals surface area contributed by atoms with Crippen molar-refractivity contribution in [2.45, 2.75) is 12.5 Å². The van der Waals surface area contributed by atoms with Gasteiger partial charge < -0.3 is 15.2 Å². The van der Waals surface area contributed by atoms with E-state index in [2.05, 4.69) is 21.2 Å². The quantitative estimate of drug-likeness (QED) is 0.809. The maximum atomic E-state index is 11.6. The number of methoxy groups -OCH3 is 1. The van der Waals surface area contributed by atoms with E-state index in [1.807, 2.05) is 0 Å². The van der Waals surface area contributed by atoms with E-state index in [1.165, 1.54) is 7.11 Å². The minimum absolute atomic E-state index is 0.0924. The first-order valence-corrected chi connectivity index (χ1v) is 5.70. The second kappa shape index (κ2) is 4.37. The van der Waals surface area contributed by atoms with Gasteiger partial charge in [-0.2, -0.15) is 0 Å². The van der Waals surface area contributed by atoms with E-state index in [4.69, 9.17) is 9.84 Å². The third kappa shape index (κ3) is 2.12. The van der Waals surface area contributed by atoms with Gasteiger partial charge in [0.1, 0.15) is 5.75 Å². The van der Waals surface area contributed by atoms with Crippen LogP contribution in [0, 0.1) is 0 Å². The average molecular weight is 300 g/mol. The Morgan fingerprint density at radius 1 is 1.59 bits per heavy atom. The first kappa shape index (κ1) is 11.9. The number of Topliss-reactive ketones (excluding diaryl/α,β-unsaturated/α-hetero) is 1. The summed E-state index contributed by atoms with van der Waals surface area (Å²) in [5.41, 5.74) is 1.37. The predicted octanol–water partition coefficient (Wildman–Crippen LogP) is 1.45. The Bertz CT molecular complexity index is 500. The van der Waals surface area contributed by atoms with Crippen LogP contribution in [0.3, 0.4) is 0 Å². The number of ether oxygens (including phenoxy) is 1. The van der Waals surface area contributed by atoms with Crippen LogP contribution in [-0.4, -0.2) is 30.0 Å². The van der Waals surface area contributed by atoms with E-state index < -0.39 is 12.0 Å². The van der Waals surface area contributed by atoms with Gasteiger partial charge in [-0.25, -0.2) is 4.79 Å². The largest absolute Gasteiger partial charge is 0.497 e. The summed E-state index contributed by atoms with van der Waals surface area (Å²) in [6.45, 7) is 0. The van der Waals surface area contributed by atoms with Crippen LogP contribution in [-0.2, 0) is 16.0 Å². The molecule has 2 N–H and O–H groups in total. The highest BCUT2D eigenvalue weighted by atomic mass is 79.9. The van der Waals surface area contributed by atoms with Crippen molar-refractivity contribution >= 4 is 33.4 Å². The number of nitrogens with one attached hydrogen (secondary N) is 1. The van der Waals surface area contributed by atoms with Crippen molar-refractivity contribution in [3.8, 4) is 5.75 Å². The fourth-order valence-corrected chi connectivity index (χ4v) is 2.36. The number of rotatable bonds is 2. The Hall–Kier alpha value is -1.56. The molecule has 5 nitrogen and oxygen atoms in total. The van der Waals surface area contributed by atoms with Gasteiger partial charge in [0.2, 0.25) is 0 Å². The second-order valence-corrected chi connectivity index (χ2v) is 4.56. The Balaban J connectivity index is 2.45. The number of fused-ring (bicyclic) bond motifs is 1. The van der Waals surface area contributed by atoms with Crippen LogP contribution in [0.4, 0.5) is 5.69 Å². The number of aliphatic carboxylic acids is 1. The Morgan fingerprint density at radius 3 is 2.88 bits per heavy atom. The lowest BCUT2D eigenvalue weighted by molar-refractivity contribution is -0.141. The van der Waals surface area contributed by atoms with Crippen LogP contribution in [0.5, 0.6) is 5.75 Å². The van der Waals surface area contributed by atoms with E-state index in [0.29, 0.717) is 15.9 Å². The van der Waals surface area contributed by atoms with Crippen molar-refractivity contribution in [2.24, 2.45) is 0 Å². The zero-order valence-corrected chi connectivity index (χ0v) is 10.6. The summed E-state index contributed by atoms with van der Waals surface area (Å²) in [7, 11) is 1.53. The lowest BCUT2D eigenvalue weighted by Crippen LogP contribution is -2.41. The molecule has 0 aromatic heterocycles. The van der Waals surface area contributed by atoms with Crippen molar-refractivity contribution < 1.29 is 19.4 Å². The number of carboxylic acids is 1. The highest BCUT2D eigenvalue weighted by Gasteiger charge is 2.32. The number of carboxylic acid groups (broad SMARTS) is 1. The summed E-state index contributed by atoms with van der Waals surface area (Å²) in [5.74, 6) is -0.896. The highest BCUT2D eigenvalue weighted by Crippen LogP contribution is 2.35. The van der Waals surface area contributed by atoms with Gasteiger partial charge in [0.25, 0.3) is 0 Å². The maximum Gasteiger partial charge on any atom is 0.333 e. The van der Waals surface area contributed by atoms with Crippen LogP contribution in [0.15, 0.2) is 16.6 Å². The number of hydrogen-bond donors (Lipinski definition) is 2. The Morgan fingerprint density at radius 2 is 2.29 bits per heavy atom. The van der Waals surface area contributed by atoms with Crippen LogP contribution < -0.4 is 10.1 Å². The number of ketones is 1. The molecule has 1 unspecified atom stereocenters. The Labute approximate surface area is 106 Å². The molecule has 1 aromatic rings. The normalized spacial score (nSPS) is 18.2. The molecule has 1 aliphatic rings. The molecule has 2 rings (SSSR count). The molecule has 0 aliphatic carbocycles. The van der Waals surface area contributed by atoms with Crippen molar-refractivity contribution in [3.63, 3.8) is 0 Å². The third-order valence-corrected chi connectivity index (χ3v) is 3.23. The molecular formula is C11H10BrNO4. The fourth-order valence-electron chi connectivity index (χ4n) is 1.77. The van der Waals surface area contributed by atoms with E-state index in [-0.39, 0.29) is 12.2 Å². The van der Waals surface area contributed by atoms with Crippen molar-refractivity contribution in [1.82, 2.24) is 0 Å². The van der Waals surface area contributed by atoms with Gasteiger partial charge in [0.15, 0.2) is 11.8 Å². The van der Waals surface area contributed by atoms with Crippen LogP contribution >= 0.6 is 15.9 Å². The summed E-state index contributed by atoms with van der Waals surface area (Å²) < 4.78 is 5.77. The lowest BCUT2D eigenvalue weighted by atomic mass is 9.96. The topological polar surface area (TPSA) is 75.6 Å². The molecule has 1 atom stereocenters. The molecule has 0 saturated carbocycles. The van der Waals surface area contributed by atoms with E-state index in [0.717, 1.165) is 5.56 Å². The predicted molar refractivity (Wildman–Crippen MR) is 64.5 cm³/mol. The molecular weight excluding hydrogens is 290 g/mol. The van der Waals surface area contributed by atoms with Gasteiger partial charge >= 0.3 is 5.97 Å². The van der Waals surface area contributed by atoms with Crippen molar-refractivity contribution in [3.05, 3.63) is 22.2 Å². The van der Waals surface area contributed by atoms with Crippen LogP contribution in [0.2, 0.25) is 0 Å². The average Bonchev–Trinajstić information content (AvgIpc) is 2.27. The molecule has 0 fully saturated rings. The second-order valence-electron chi connectivity index (χ2n) is 3.70. The summed E-state index contributed by atoms with van der Waals surface area (Å²) in [5, 5.41) is 11.6. The number of benzene rings is 1. The van der Waals surface area contributed by atoms with Gasteiger partial charge in [-0.15, -0.1) is 0 Å². The summed E-state index contributed by atoms with van der Waals surface area (Å²) in [6, 6.07) is 2.27. The molecule has 17 heavy (non-hydrogen) atoms. The van der Waals surface area contributed by atoms with Gasteiger partial charge in [-0.1, -0.05) is 0 Å². The molecule has 1 aliphatic heterocycles. The molecule has 6 heteroatoms. The lowest BCUT2D eigenvalue weighted by Gasteiger charge is -2.24. The zero-order chi connectivity index (χ0) is 12.6. The van der Waals surface area contributed by atoms with Crippen LogP contribution in [0.25, 0.3) is 0 Å². The summed E-state index contributed by atoms with van der Waals surface area (Å²) in [4.78, 5) is 22.5. The van der Waals surface area contributed by atoms with Gasteiger partial charge in [-0.05, 0) is 33.6 Å². The molecule has 90 valence electrons. The molecule has 0 amide bonds. The highest BCUT2D eigenvalue weighted by molar-refractivity contribution is 9.10. The molecule has 0 saturated heterocycles. The van der Waals surface area contributed by atoms with Crippen LogP contribution in [0.1, 0.15) is 5.56 Å². The van der Waals surface area contributed by atoms with Gasteiger partial charge in [0, 0.05) is 10.9 Å². The number of carbonyl (C=O) groups is 2. The smallest absolute Gasteiger partial charge is 0.333 e. The first-order chi connectivity index (χ1) is 8.02. The number of halogens is 1. The van der Waals surface area contributed by atoms with Crippen molar-refractivity contribution in [2.75, 3.05) is 12.4 Å². The van der Waals surface area contributed by atoms with E-state index in [1.54, 1.807) is 12.1 Å². The minimum Gasteiger partial charge on any atom is -0.497 e. The summed E-state index contributed by atoms with van der Waals surface area (Å²) in [6.07, 6.45) is 0.0924. The molecule has 0 radical (unpaired) electrons.